The molecule has 2 aliphatic heterocycles. The first-order valence-corrected chi connectivity index (χ1v) is 10.7. The number of alkyl halides is 2. The van der Waals surface area contributed by atoms with E-state index in [0.29, 0.717) is 18.7 Å². The molecular weight excluding hydrogens is 464 g/mol. The van der Waals surface area contributed by atoms with Gasteiger partial charge in [-0.05, 0) is 35.5 Å². The van der Waals surface area contributed by atoms with Crippen molar-refractivity contribution in [1.29, 1.82) is 0 Å². The molecule has 33 heavy (non-hydrogen) atoms. The first kappa shape index (κ1) is 24.3. The van der Waals surface area contributed by atoms with Crippen molar-refractivity contribution in [1.82, 2.24) is 15.1 Å². The molecule has 2 fully saturated rings. The van der Waals surface area contributed by atoms with Crippen LogP contribution in [0.3, 0.4) is 0 Å². The van der Waals surface area contributed by atoms with Crippen LogP contribution in [0, 0.1) is 0 Å². The molecule has 3 rings (SSSR count). The maximum Gasteiger partial charge on any atom is 0.409 e. The second-order valence-corrected chi connectivity index (χ2v) is 7.82. The summed E-state index contributed by atoms with van der Waals surface area (Å²) in [5, 5.41) is 2.11. The molecule has 2 aliphatic rings. The maximum atomic E-state index is 12.6. The van der Waals surface area contributed by atoms with Crippen LogP contribution in [0.5, 0.6) is 11.5 Å². The number of hydrogen-bond donors (Lipinski definition) is 1. The second-order valence-electron chi connectivity index (χ2n) is 6.82. The van der Waals surface area contributed by atoms with Gasteiger partial charge in [0.25, 0.3) is 11.1 Å². The van der Waals surface area contributed by atoms with Gasteiger partial charge in [-0.25, -0.2) is 4.79 Å². The Labute approximate surface area is 191 Å². The van der Waals surface area contributed by atoms with Crippen LogP contribution in [0.15, 0.2) is 23.1 Å². The molecule has 0 saturated carbocycles. The van der Waals surface area contributed by atoms with Crippen LogP contribution in [0.2, 0.25) is 0 Å². The first-order chi connectivity index (χ1) is 15.8. The number of rotatable bonds is 10. The van der Waals surface area contributed by atoms with Gasteiger partial charge in [-0.2, -0.15) is 8.78 Å². The molecule has 178 valence electrons. The van der Waals surface area contributed by atoms with Crippen molar-refractivity contribution in [3.05, 3.63) is 28.7 Å². The van der Waals surface area contributed by atoms with Crippen molar-refractivity contribution in [3.63, 3.8) is 0 Å². The van der Waals surface area contributed by atoms with Gasteiger partial charge in [-0.1, -0.05) is 6.07 Å². The Kier molecular flexibility index (Phi) is 8.09. The summed E-state index contributed by atoms with van der Waals surface area (Å²) in [5.41, 5.74) is 0.452. The molecule has 10 nitrogen and oxygen atoms in total. The highest BCUT2D eigenvalue weighted by molar-refractivity contribution is 8.18. The van der Waals surface area contributed by atoms with Crippen molar-refractivity contribution in [2.75, 3.05) is 39.9 Å². The number of carbonyl (C=O) groups is 4. The maximum absolute atomic E-state index is 12.6. The molecule has 4 amide bonds. The summed E-state index contributed by atoms with van der Waals surface area (Å²) in [4.78, 5) is 50.7. The summed E-state index contributed by atoms with van der Waals surface area (Å²) in [5.74, 6) is -0.968. The highest BCUT2D eigenvalue weighted by Gasteiger charge is 2.34. The molecule has 0 radical (unpaired) electrons. The largest absolute Gasteiger partial charge is 0.493 e. The van der Waals surface area contributed by atoms with Gasteiger partial charge in [0.2, 0.25) is 5.91 Å². The number of thioether (sulfide) groups is 1. The summed E-state index contributed by atoms with van der Waals surface area (Å²) < 4.78 is 39.1. The van der Waals surface area contributed by atoms with Crippen LogP contribution in [0.25, 0.3) is 6.08 Å². The Balaban J connectivity index is 1.53. The molecular formula is C20H21F2N3O7S. The van der Waals surface area contributed by atoms with E-state index in [1.54, 1.807) is 0 Å². The van der Waals surface area contributed by atoms with Crippen LogP contribution >= 0.6 is 11.8 Å². The molecule has 2 heterocycles. The third-order valence-electron chi connectivity index (χ3n) is 4.69. The lowest BCUT2D eigenvalue weighted by atomic mass is 10.2. The Morgan fingerprint density at radius 3 is 2.73 bits per heavy atom. The Hall–Kier alpha value is -3.35. The molecule has 0 unspecified atom stereocenters. The van der Waals surface area contributed by atoms with Crippen LogP contribution in [0.4, 0.5) is 18.4 Å². The molecule has 0 spiro atoms. The summed E-state index contributed by atoms with van der Waals surface area (Å²) >= 11 is 0.727. The van der Waals surface area contributed by atoms with E-state index in [1.807, 2.05) is 0 Å². The van der Waals surface area contributed by atoms with Gasteiger partial charge >= 0.3 is 12.7 Å². The number of benzene rings is 1. The fraction of sp³-hybridized carbons (Fsp3) is 0.400. The van der Waals surface area contributed by atoms with Crippen LogP contribution < -0.4 is 14.8 Å². The topological polar surface area (TPSA) is 114 Å². The van der Waals surface area contributed by atoms with Gasteiger partial charge < -0.3 is 24.4 Å². The van der Waals surface area contributed by atoms with E-state index < -0.39 is 23.9 Å². The summed E-state index contributed by atoms with van der Waals surface area (Å²) in [7, 11) is 1.29. The van der Waals surface area contributed by atoms with Crippen molar-refractivity contribution in [2.24, 2.45) is 0 Å². The quantitative estimate of drug-likeness (QED) is 0.502. The van der Waals surface area contributed by atoms with E-state index >= 15 is 0 Å². The van der Waals surface area contributed by atoms with E-state index in [-0.39, 0.29) is 48.4 Å². The fourth-order valence-electron chi connectivity index (χ4n) is 3.07. The van der Waals surface area contributed by atoms with E-state index in [0.717, 1.165) is 16.7 Å². The average molecular weight is 485 g/mol. The standard InChI is InChI=1S/C20H21F2N3O7S/c1-30-14-10-12(2-3-13(14)32-18(21)22)11-15-17(27)25(20(29)33-15)7-5-23-16(26)4-6-24-8-9-31-19(24)28/h2-3,10-11,18H,4-9H2,1H3,(H,23,26)/b15-11-. The smallest absolute Gasteiger partial charge is 0.409 e. The number of halogens is 2. The lowest BCUT2D eigenvalue weighted by molar-refractivity contribution is -0.124. The number of carbonyl (C=O) groups excluding carboxylic acids is 4. The lowest BCUT2D eigenvalue weighted by Gasteiger charge is -2.14. The molecule has 13 heteroatoms. The normalized spacial score (nSPS) is 17.2. The molecule has 0 bridgehead atoms. The van der Waals surface area contributed by atoms with E-state index in [4.69, 9.17) is 9.47 Å². The van der Waals surface area contributed by atoms with Crippen molar-refractivity contribution < 1.29 is 42.2 Å². The molecule has 1 aromatic carbocycles. The molecule has 2 saturated heterocycles. The number of hydrogen-bond acceptors (Lipinski definition) is 8. The summed E-state index contributed by atoms with van der Waals surface area (Å²) in [6.45, 7) is -2.03. The predicted octanol–water partition coefficient (Wildman–Crippen LogP) is 2.29. The van der Waals surface area contributed by atoms with Crippen molar-refractivity contribution >= 4 is 41.0 Å². The molecule has 1 aromatic rings. The van der Waals surface area contributed by atoms with Gasteiger partial charge in [0.05, 0.1) is 18.6 Å². The minimum atomic E-state index is -3.02. The zero-order chi connectivity index (χ0) is 24.0. The molecule has 0 atom stereocenters. The van der Waals surface area contributed by atoms with Crippen molar-refractivity contribution in [2.45, 2.75) is 13.0 Å². The van der Waals surface area contributed by atoms with Gasteiger partial charge in [0, 0.05) is 26.1 Å². The number of imide groups is 1. The zero-order valence-electron chi connectivity index (χ0n) is 17.5. The Morgan fingerprint density at radius 1 is 1.27 bits per heavy atom. The third-order valence-corrected chi connectivity index (χ3v) is 5.59. The van der Waals surface area contributed by atoms with E-state index in [9.17, 15) is 28.0 Å². The number of nitrogens with one attached hydrogen (secondary N) is 1. The summed E-state index contributed by atoms with van der Waals surface area (Å²) in [6.07, 6.45) is 1.05. The van der Waals surface area contributed by atoms with E-state index in [2.05, 4.69) is 10.1 Å². The minimum Gasteiger partial charge on any atom is -0.493 e. The lowest BCUT2D eigenvalue weighted by Crippen LogP contribution is -2.38. The second kappa shape index (κ2) is 11.0. The Morgan fingerprint density at radius 2 is 2.06 bits per heavy atom. The van der Waals surface area contributed by atoms with Gasteiger partial charge in [0.15, 0.2) is 11.5 Å². The molecule has 1 N–H and O–H groups in total. The van der Waals surface area contributed by atoms with E-state index in [1.165, 1.54) is 36.3 Å². The molecule has 0 aromatic heterocycles. The van der Waals surface area contributed by atoms with Gasteiger partial charge in [0.1, 0.15) is 6.61 Å². The minimum absolute atomic E-state index is 0.0238. The fourth-order valence-corrected chi connectivity index (χ4v) is 3.94. The number of ether oxygens (including phenoxy) is 3. The monoisotopic (exact) mass is 485 g/mol. The Bertz CT molecular complexity index is 973. The summed E-state index contributed by atoms with van der Waals surface area (Å²) in [6, 6.07) is 4.13. The third kappa shape index (κ3) is 6.34. The van der Waals surface area contributed by atoms with Gasteiger partial charge in [-0.3, -0.25) is 19.3 Å². The molecule has 0 aliphatic carbocycles. The highest BCUT2D eigenvalue weighted by Crippen LogP contribution is 2.34. The van der Waals surface area contributed by atoms with Crippen LogP contribution in [-0.2, 0) is 14.3 Å². The van der Waals surface area contributed by atoms with Crippen LogP contribution in [-0.4, -0.2) is 79.5 Å². The SMILES string of the molecule is COc1cc(/C=C2\SC(=O)N(CCNC(=O)CCN3CCOC3=O)C2=O)ccc1OC(F)F. The van der Waals surface area contributed by atoms with Crippen molar-refractivity contribution in [3.8, 4) is 11.5 Å². The number of cyclic esters (lactones) is 1. The number of methoxy groups -OCH3 is 1. The predicted molar refractivity (Wildman–Crippen MR) is 113 cm³/mol. The highest BCUT2D eigenvalue weighted by atomic mass is 32.2. The zero-order valence-corrected chi connectivity index (χ0v) is 18.4. The first-order valence-electron chi connectivity index (χ1n) is 9.85. The van der Waals surface area contributed by atoms with Crippen LogP contribution in [0.1, 0.15) is 12.0 Å². The average Bonchev–Trinajstić information content (AvgIpc) is 3.30. The number of nitrogens with zero attached hydrogens (tertiary/aromatic N) is 2. The number of amides is 4. The van der Waals surface area contributed by atoms with Gasteiger partial charge in [-0.15, -0.1) is 0 Å².